The van der Waals surface area contributed by atoms with Gasteiger partial charge in [0.2, 0.25) is 0 Å². The molecule has 0 aliphatic rings. The minimum absolute atomic E-state index is 0.192. The summed E-state index contributed by atoms with van der Waals surface area (Å²) in [7, 11) is 0. The molecule has 15 heavy (non-hydrogen) atoms. The molecule has 0 amide bonds. The van der Waals surface area contributed by atoms with Gasteiger partial charge in [-0.15, -0.1) is 0 Å². The third kappa shape index (κ3) is 2.53. The Morgan fingerprint density at radius 3 is 2.60 bits per heavy atom. The zero-order chi connectivity index (χ0) is 11.6. The van der Waals surface area contributed by atoms with Crippen LogP contribution in [0.15, 0.2) is 18.2 Å². The average Bonchev–Trinajstić information content (AvgIpc) is 2.19. The van der Waals surface area contributed by atoms with Crippen LogP contribution in [0.1, 0.15) is 17.3 Å². The Bertz CT molecular complexity index is 417. The molecule has 1 aromatic carbocycles. The molecular weight excluding hydrogens is 223 g/mol. The lowest BCUT2D eigenvalue weighted by atomic mass is 9.99. The molecular formula is C10H8ClFO3. The second-order valence-electron chi connectivity index (χ2n) is 3.05. The Labute approximate surface area is 90.5 Å². The van der Waals surface area contributed by atoms with Crippen molar-refractivity contribution in [3.63, 3.8) is 0 Å². The summed E-state index contributed by atoms with van der Waals surface area (Å²) in [5, 5.41) is 8.79. The maximum absolute atomic E-state index is 13.2. The van der Waals surface area contributed by atoms with E-state index in [4.69, 9.17) is 16.7 Å². The van der Waals surface area contributed by atoms with E-state index in [1.807, 2.05) is 0 Å². The third-order valence-corrected chi connectivity index (χ3v) is 2.19. The van der Waals surface area contributed by atoms with Crippen molar-refractivity contribution >= 4 is 23.4 Å². The van der Waals surface area contributed by atoms with Crippen LogP contribution in [-0.4, -0.2) is 16.9 Å². The highest BCUT2D eigenvalue weighted by Crippen LogP contribution is 2.18. The van der Waals surface area contributed by atoms with Gasteiger partial charge in [0.15, 0.2) is 5.78 Å². The molecule has 0 saturated carbocycles. The molecule has 0 saturated heterocycles. The first-order chi connectivity index (χ1) is 6.93. The molecule has 1 N–H and O–H groups in total. The number of carboxylic acid groups (broad SMARTS) is 1. The summed E-state index contributed by atoms with van der Waals surface area (Å²) in [6.45, 7) is 1.20. The molecule has 0 aliphatic heterocycles. The van der Waals surface area contributed by atoms with Gasteiger partial charge >= 0.3 is 5.97 Å². The monoisotopic (exact) mass is 230 g/mol. The summed E-state index contributed by atoms with van der Waals surface area (Å²) in [5.41, 5.74) is -0.294. The molecule has 0 spiro atoms. The number of Topliss-reactive ketones (excluding diaryl/α,β-unsaturated/α-hetero) is 1. The van der Waals surface area contributed by atoms with Gasteiger partial charge in [-0.3, -0.25) is 9.59 Å². The van der Waals surface area contributed by atoms with Crippen LogP contribution in [0.5, 0.6) is 0 Å². The lowest BCUT2D eigenvalue weighted by Crippen LogP contribution is -2.21. The topological polar surface area (TPSA) is 54.4 Å². The molecule has 0 radical (unpaired) electrons. The summed E-state index contributed by atoms with van der Waals surface area (Å²) >= 11 is 5.58. The summed E-state index contributed by atoms with van der Waals surface area (Å²) in [5.74, 6) is -4.13. The minimum atomic E-state index is -1.29. The normalized spacial score (nSPS) is 12.2. The number of carboxylic acids is 1. The quantitative estimate of drug-likeness (QED) is 0.641. The molecule has 1 unspecified atom stereocenters. The Morgan fingerprint density at radius 2 is 2.07 bits per heavy atom. The first kappa shape index (κ1) is 11.7. The second kappa shape index (κ2) is 4.40. The Balaban J connectivity index is 3.11. The van der Waals surface area contributed by atoms with Gasteiger partial charge in [0.1, 0.15) is 11.7 Å². The van der Waals surface area contributed by atoms with Gasteiger partial charge in [-0.25, -0.2) is 4.39 Å². The van der Waals surface area contributed by atoms with Gasteiger partial charge in [0.25, 0.3) is 0 Å². The molecule has 80 valence electrons. The van der Waals surface area contributed by atoms with E-state index in [0.29, 0.717) is 0 Å². The van der Waals surface area contributed by atoms with Crippen molar-refractivity contribution in [2.45, 2.75) is 6.92 Å². The standard InChI is InChI=1S/C10H8ClFO3/c1-5(10(14)15)9(13)7-4-6(11)2-3-8(7)12/h2-5H,1H3,(H,14,15). The van der Waals surface area contributed by atoms with E-state index in [-0.39, 0.29) is 10.6 Å². The highest BCUT2D eigenvalue weighted by Gasteiger charge is 2.24. The number of rotatable bonds is 3. The maximum Gasteiger partial charge on any atom is 0.314 e. The zero-order valence-electron chi connectivity index (χ0n) is 7.83. The van der Waals surface area contributed by atoms with E-state index >= 15 is 0 Å². The van der Waals surface area contributed by atoms with Crippen LogP contribution >= 0.6 is 11.6 Å². The Kier molecular flexibility index (Phi) is 3.42. The van der Waals surface area contributed by atoms with Crippen LogP contribution in [-0.2, 0) is 4.79 Å². The van der Waals surface area contributed by atoms with Gasteiger partial charge < -0.3 is 5.11 Å². The van der Waals surface area contributed by atoms with E-state index in [9.17, 15) is 14.0 Å². The Hall–Kier alpha value is -1.42. The molecule has 0 aliphatic carbocycles. The molecule has 0 bridgehead atoms. The van der Waals surface area contributed by atoms with E-state index in [0.717, 1.165) is 12.1 Å². The van der Waals surface area contributed by atoms with Crippen LogP contribution in [0, 0.1) is 11.7 Å². The number of halogens is 2. The molecule has 0 aromatic heterocycles. The number of benzene rings is 1. The molecule has 1 atom stereocenters. The largest absolute Gasteiger partial charge is 0.481 e. The van der Waals surface area contributed by atoms with Crippen molar-refractivity contribution in [3.05, 3.63) is 34.6 Å². The Morgan fingerprint density at radius 1 is 1.47 bits per heavy atom. The fourth-order valence-electron chi connectivity index (χ4n) is 1.03. The van der Waals surface area contributed by atoms with Crippen LogP contribution in [0.25, 0.3) is 0 Å². The van der Waals surface area contributed by atoms with E-state index in [1.165, 1.54) is 13.0 Å². The van der Waals surface area contributed by atoms with Crippen molar-refractivity contribution in [2.75, 3.05) is 0 Å². The molecule has 1 aromatic rings. The number of ketones is 1. The van der Waals surface area contributed by atoms with Crippen LogP contribution in [0.4, 0.5) is 4.39 Å². The zero-order valence-corrected chi connectivity index (χ0v) is 8.58. The van der Waals surface area contributed by atoms with Crippen LogP contribution in [0.2, 0.25) is 5.02 Å². The number of carbonyl (C=O) groups excluding carboxylic acids is 1. The van der Waals surface area contributed by atoms with E-state index in [2.05, 4.69) is 0 Å². The maximum atomic E-state index is 13.2. The van der Waals surface area contributed by atoms with Gasteiger partial charge in [-0.1, -0.05) is 11.6 Å². The molecule has 5 heteroatoms. The van der Waals surface area contributed by atoms with Crippen molar-refractivity contribution in [3.8, 4) is 0 Å². The predicted molar refractivity (Wildman–Crippen MR) is 52.5 cm³/mol. The predicted octanol–water partition coefficient (Wildman–Crippen LogP) is 2.38. The van der Waals surface area contributed by atoms with Crippen molar-refractivity contribution in [2.24, 2.45) is 5.92 Å². The lowest BCUT2D eigenvalue weighted by molar-refractivity contribution is -0.139. The van der Waals surface area contributed by atoms with Gasteiger partial charge in [-0.2, -0.15) is 0 Å². The van der Waals surface area contributed by atoms with Crippen LogP contribution in [0.3, 0.4) is 0 Å². The summed E-state index contributed by atoms with van der Waals surface area (Å²) in [4.78, 5) is 22.0. The summed E-state index contributed by atoms with van der Waals surface area (Å²) in [6.07, 6.45) is 0. The average molecular weight is 231 g/mol. The van der Waals surface area contributed by atoms with Gasteiger partial charge in [0, 0.05) is 5.02 Å². The van der Waals surface area contributed by atoms with E-state index in [1.54, 1.807) is 0 Å². The highest BCUT2D eigenvalue weighted by atomic mass is 35.5. The first-order valence-corrected chi connectivity index (χ1v) is 4.53. The fourth-order valence-corrected chi connectivity index (χ4v) is 1.20. The summed E-state index contributed by atoms with van der Waals surface area (Å²) in [6, 6.07) is 3.45. The SMILES string of the molecule is CC(C(=O)O)C(=O)c1cc(Cl)ccc1F. The van der Waals surface area contributed by atoms with E-state index < -0.39 is 23.5 Å². The highest BCUT2D eigenvalue weighted by molar-refractivity contribution is 6.31. The minimum Gasteiger partial charge on any atom is -0.481 e. The van der Waals surface area contributed by atoms with Crippen molar-refractivity contribution in [1.82, 2.24) is 0 Å². The molecule has 0 fully saturated rings. The molecule has 0 heterocycles. The summed E-state index contributed by atoms with van der Waals surface area (Å²) < 4.78 is 13.2. The number of aliphatic carboxylic acids is 1. The number of hydrogen-bond acceptors (Lipinski definition) is 2. The lowest BCUT2D eigenvalue weighted by Gasteiger charge is -2.06. The van der Waals surface area contributed by atoms with Gasteiger partial charge in [-0.05, 0) is 25.1 Å². The molecule has 3 nitrogen and oxygen atoms in total. The number of hydrogen-bond donors (Lipinski definition) is 1. The van der Waals surface area contributed by atoms with Gasteiger partial charge in [0.05, 0.1) is 5.56 Å². The second-order valence-corrected chi connectivity index (χ2v) is 3.48. The molecule has 1 rings (SSSR count). The van der Waals surface area contributed by atoms with Crippen LogP contribution < -0.4 is 0 Å². The van der Waals surface area contributed by atoms with Crippen molar-refractivity contribution < 1.29 is 19.1 Å². The fraction of sp³-hybridized carbons (Fsp3) is 0.200. The third-order valence-electron chi connectivity index (χ3n) is 1.96. The van der Waals surface area contributed by atoms with Crippen molar-refractivity contribution in [1.29, 1.82) is 0 Å². The smallest absolute Gasteiger partial charge is 0.314 e. The number of carbonyl (C=O) groups is 2. The first-order valence-electron chi connectivity index (χ1n) is 4.15.